The van der Waals surface area contributed by atoms with Crippen LogP contribution in [0.25, 0.3) is 10.2 Å². The van der Waals surface area contributed by atoms with E-state index in [0.29, 0.717) is 37.1 Å². The second-order valence-corrected chi connectivity index (χ2v) is 15.9. The lowest BCUT2D eigenvalue weighted by Crippen LogP contribution is -2.51. The van der Waals surface area contributed by atoms with Crippen molar-refractivity contribution < 1.29 is 22.4 Å². The number of carbonyl (C=O) groups is 2. The average molecular weight is 684 g/mol. The molecule has 0 atom stereocenters. The van der Waals surface area contributed by atoms with Crippen LogP contribution in [-0.4, -0.2) is 80.7 Å². The van der Waals surface area contributed by atoms with Gasteiger partial charge in [-0.05, 0) is 56.4 Å². The van der Waals surface area contributed by atoms with Gasteiger partial charge in [-0.1, -0.05) is 6.07 Å². The molecule has 248 valence electrons. The maximum absolute atomic E-state index is 15.1. The maximum atomic E-state index is 15.1. The first-order chi connectivity index (χ1) is 22.3. The first-order valence-electron chi connectivity index (χ1n) is 15.5. The van der Waals surface area contributed by atoms with E-state index in [1.165, 1.54) is 33.9 Å². The van der Waals surface area contributed by atoms with Crippen molar-refractivity contribution in [2.24, 2.45) is 13.0 Å². The maximum Gasteiger partial charge on any atom is 0.332 e. The summed E-state index contributed by atoms with van der Waals surface area (Å²) in [6, 6.07) is 5.29. The van der Waals surface area contributed by atoms with Gasteiger partial charge in [0.25, 0.3) is 21.5 Å². The summed E-state index contributed by atoms with van der Waals surface area (Å²) >= 11 is 0.813. The van der Waals surface area contributed by atoms with Gasteiger partial charge in [0.2, 0.25) is 5.91 Å². The molecular formula is C31H34FN7O6S2. The normalized spacial score (nSPS) is 17.8. The molecule has 1 aromatic carbocycles. The van der Waals surface area contributed by atoms with Crippen molar-refractivity contribution in [3.05, 3.63) is 80.0 Å². The molecule has 0 radical (unpaired) electrons. The molecule has 2 aliphatic carbocycles. The van der Waals surface area contributed by atoms with E-state index >= 15 is 4.39 Å². The molecule has 1 aliphatic heterocycles. The van der Waals surface area contributed by atoms with Crippen LogP contribution < -0.4 is 16.0 Å². The smallest absolute Gasteiger partial charge is 0.332 e. The van der Waals surface area contributed by atoms with Crippen LogP contribution in [0, 0.1) is 11.7 Å². The van der Waals surface area contributed by atoms with Gasteiger partial charge in [0, 0.05) is 56.4 Å². The number of halogens is 1. The first kappa shape index (κ1) is 31.4. The van der Waals surface area contributed by atoms with E-state index < -0.39 is 38.5 Å². The van der Waals surface area contributed by atoms with Gasteiger partial charge in [-0.15, -0.1) is 11.3 Å². The quantitative estimate of drug-likeness (QED) is 0.283. The number of piperazine rings is 1. The van der Waals surface area contributed by atoms with E-state index in [2.05, 4.69) is 9.82 Å². The van der Waals surface area contributed by atoms with E-state index in [1.54, 1.807) is 29.7 Å². The van der Waals surface area contributed by atoms with Crippen molar-refractivity contribution in [3.8, 4) is 0 Å². The van der Waals surface area contributed by atoms with Gasteiger partial charge in [-0.25, -0.2) is 22.3 Å². The Morgan fingerprint density at radius 1 is 1.02 bits per heavy atom. The van der Waals surface area contributed by atoms with Gasteiger partial charge in [0.1, 0.15) is 14.9 Å². The summed E-state index contributed by atoms with van der Waals surface area (Å²) in [4.78, 5) is 56.9. The molecule has 3 fully saturated rings. The third-order valence-electron chi connectivity index (χ3n) is 9.02. The number of amides is 2. The molecule has 16 heteroatoms. The Kier molecular flexibility index (Phi) is 7.71. The van der Waals surface area contributed by atoms with Crippen molar-refractivity contribution in [2.75, 3.05) is 26.2 Å². The zero-order chi connectivity index (χ0) is 33.2. The summed E-state index contributed by atoms with van der Waals surface area (Å²) < 4.78 is 48.1. The third kappa shape index (κ3) is 6.16. The number of nitrogens with one attached hydrogen (secondary N) is 1. The standard InChI is InChI=1S/C31H34FN7O6S2/c1-31(7-8-31)34-47(44,45)25-14-23-28(42)38(18-20-15-33-35(2)16-20)30(43)39(29(23)46-25)17-19-3-6-24(32)22(13-19)27(41)37-11-9-36(10-12-37)26(40)21-4-5-21/h3,6,13-16,21,34H,4-5,7-12,17-18H2,1-2H3. The van der Waals surface area contributed by atoms with E-state index in [9.17, 15) is 27.6 Å². The molecule has 3 aliphatic rings. The van der Waals surface area contributed by atoms with Crippen LogP contribution in [0.2, 0.25) is 0 Å². The number of hydrogen-bond donors (Lipinski definition) is 1. The predicted molar refractivity (Wildman–Crippen MR) is 171 cm³/mol. The number of aryl methyl sites for hydroxylation is 1. The van der Waals surface area contributed by atoms with Gasteiger partial charge in [0.05, 0.1) is 30.2 Å². The SMILES string of the molecule is Cn1cc(Cn2c(=O)c3cc(S(=O)(=O)NC4(C)CC4)sc3n(Cc3ccc(F)c(C(=O)N4CCN(C(=O)C5CC5)CC4)c3)c2=O)cn1. The molecular weight excluding hydrogens is 650 g/mol. The zero-order valence-corrected chi connectivity index (χ0v) is 27.6. The fourth-order valence-corrected chi connectivity index (χ4v) is 8.80. The Hall–Kier alpha value is -4.15. The van der Waals surface area contributed by atoms with Gasteiger partial charge in [-0.3, -0.25) is 28.2 Å². The van der Waals surface area contributed by atoms with Crippen LogP contribution in [0.3, 0.4) is 0 Å². The van der Waals surface area contributed by atoms with Crippen molar-refractivity contribution in [3.63, 3.8) is 0 Å². The van der Waals surface area contributed by atoms with Gasteiger partial charge in [-0.2, -0.15) is 5.10 Å². The number of rotatable bonds is 9. The highest BCUT2D eigenvalue weighted by molar-refractivity contribution is 7.91. The third-order valence-corrected chi connectivity index (χ3v) is 12.3. The summed E-state index contributed by atoms with van der Waals surface area (Å²) in [5.41, 5.74) is -1.05. The lowest BCUT2D eigenvalue weighted by molar-refractivity contribution is -0.134. The summed E-state index contributed by atoms with van der Waals surface area (Å²) in [6.07, 6.45) is 6.38. The number of fused-ring (bicyclic) bond motifs is 1. The van der Waals surface area contributed by atoms with E-state index in [4.69, 9.17) is 0 Å². The molecule has 4 aromatic rings. The minimum absolute atomic E-state index is 0.0526. The highest BCUT2D eigenvalue weighted by Crippen LogP contribution is 2.37. The molecule has 4 heterocycles. The number of hydrogen-bond acceptors (Lipinski definition) is 8. The van der Waals surface area contributed by atoms with E-state index in [1.807, 2.05) is 0 Å². The average Bonchev–Trinajstić information content (AvgIpc) is 3.93. The van der Waals surface area contributed by atoms with Crippen LogP contribution >= 0.6 is 11.3 Å². The first-order valence-corrected chi connectivity index (χ1v) is 17.8. The lowest BCUT2D eigenvalue weighted by Gasteiger charge is -2.35. The Morgan fingerprint density at radius 2 is 1.70 bits per heavy atom. The highest BCUT2D eigenvalue weighted by atomic mass is 32.2. The predicted octanol–water partition coefficient (Wildman–Crippen LogP) is 1.72. The highest BCUT2D eigenvalue weighted by Gasteiger charge is 2.42. The van der Waals surface area contributed by atoms with Crippen molar-refractivity contribution in [1.29, 1.82) is 0 Å². The zero-order valence-electron chi connectivity index (χ0n) is 25.9. The Morgan fingerprint density at radius 3 is 2.34 bits per heavy atom. The number of thiophene rings is 1. The molecule has 1 saturated heterocycles. The van der Waals surface area contributed by atoms with Gasteiger partial charge < -0.3 is 9.80 Å². The largest absolute Gasteiger partial charge is 0.339 e. The van der Waals surface area contributed by atoms with Crippen LogP contribution in [0.4, 0.5) is 4.39 Å². The molecule has 2 saturated carbocycles. The number of nitrogens with zero attached hydrogens (tertiary/aromatic N) is 6. The Labute approximate surface area is 273 Å². The Balaban J connectivity index is 1.23. The number of carbonyl (C=O) groups excluding carboxylic acids is 2. The van der Waals surface area contributed by atoms with Crippen LogP contribution in [0.5, 0.6) is 0 Å². The topological polar surface area (TPSA) is 149 Å². The minimum atomic E-state index is -3.98. The molecule has 13 nitrogen and oxygen atoms in total. The fourth-order valence-electron chi connectivity index (χ4n) is 5.90. The van der Waals surface area contributed by atoms with Crippen molar-refractivity contribution >= 4 is 43.4 Å². The molecule has 0 spiro atoms. The second kappa shape index (κ2) is 11.5. The minimum Gasteiger partial charge on any atom is -0.339 e. The second-order valence-electron chi connectivity index (χ2n) is 12.9. The number of sulfonamides is 1. The summed E-state index contributed by atoms with van der Waals surface area (Å²) in [5.74, 6) is -1.06. The lowest BCUT2D eigenvalue weighted by atomic mass is 10.1. The van der Waals surface area contributed by atoms with Crippen molar-refractivity contribution in [2.45, 2.75) is 55.4 Å². The fraction of sp³-hybridized carbons (Fsp3) is 0.452. The molecule has 0 unspecified atom stereocenters. The Bertz CT molecular complexity index is 2150. The molecule has 7 rings (SSSR count). The summed E-state index contributed by atoms with van der Waals surface area (Å²) in [6.45, 7) is 2.86. The van der Waals surface area contributed by atoms with Crippen LogP contribution in [0.15, 0.2) is 50.5 Å². The molecule has 3 aromatic heterocycles. The monoisotopic (exact) mass is 683 g/mol. The van der Waals surface area contributed by atoms with E-state index in [-0.39, 0.29) is 58.0 Å². The van der Waals surface area contributed by atoms with Gasteiger partial charge >= 0.3 is 5.69 Å². The van der Waals surface area contributed by atoms with Crippen LogP contribution in [-0.2, 0) is 35.0 Å². The van der Waals surface area contributed by atoms with Gasteiger partial charge in [0.15, 0.2) is 0 Å². The number of benzene rings is 1. The summed E-state index contributed by atoms with van der Waals surface area (Å²) in [7, 11) is -2.28. The molecule has 1 N–H and O–H groups in total. The summed E-state index contributed by atoms with van der Waals surface area (Å²) in [5, 5.41) is 4.17. The molecule has 47 heavy (non-hydrogen) atoms. The van der Waals surface area contributed by atoms with E-state index in [0.717, 1.165) is 34.8 Å². The van der Waals surface area contributed by atoms with Crippen LogP contribution in [0.1, 0.15) is 54.1 Å². The molecule has 0 bridgehead atoms. The van der Waals surface area contributed by atoms with Crippen molar-refractivity contribution in [1.82, 2.24) is 33.4 Å². The molecule has 2 amide bonds. The number of aromatic nitrogens is 4.